The molecule has 0 amide bonds. The Labute approximate surface area is 114 Å². The molecule has 1 saturated heterocycles. The third-order valence-corrected chi connectivity index (χ3v) is 3.90. The van der Waals surface area contributed by atoms with E-state index >= 15 is 0 Å². The zero-order chi connectivity index (χ0) is 13.1. The van der Waals surface area contributed by atoms with E-state index in [1.165, 1.54) is 12.0 Å². The van der Waals surface area contributed by atoms with Crippen LogP contribution in [-0.2, 0) is 4.74 Å². The van der Waals surface area contributed by atoms with Crippen LogP contribution in [0, 0.1) is 5.92 Å². The highest BCUT2D eigenvalue weighted by Crippen LogP contribution is 2.36. The van der Waals surface area contributed by atoms with Crippen LogP contribution in [-0.4, -0.2) is 33.5 Å². The summed E-state index contributed by atoms with van der Waals surface area (Å²) in [4.78, 5) is 0. The summed E-state index contributed by atoms with van der Waals surface area (Å²) in [5.41, 5.74) is 1.25. The number of hydrogen-bond donors (Lipinski definition) is 1. The van der Waals surface area contributed by atoms with Crippen molar-refractivity contribution in [2.75, 3.05) is 33.5 Å². The van der Waals surface area contributed by atoms with Crippen molar-refractivity contribution < 1.29 is 14.2 Å². The van der Waals surface area contributed by atoms with Crippen LogP contribution in [0.5, 0.6) is 11.5 Å². The van der Waals surface area contributed by atoms with Crippen molar-refractivity contribution in [2.24, 2.45) is 5.92 Å². The Morgan fingerprint density at radius 1 is 1.16 bits per heavy atom. The van der Waals surface area contributed by atoms with E-state index in [0.29, 0.717) is 25.2 Å². The molecule has 0 bridgehead atoms. The summed E-state index contributed by atoms with van der Waals surface area (Å²) < 4.78 is 16.8. The van der Waals surface area contributed by atoms with Crippen LogP contribution >= 0.6 is 0 Å². The molecule has 4 heteroatoms. The van der Waals surface area contributed by atoms with Gasteiger partial charge in [-0.15, -0.1) is 0 Å². The van der Waals surface area contributed by atoms with Crippen molar-refractivity contribution in [2.45, 2.75) is 18.9 Å². The standard InChI is InChI=1S/C15H21NO3/c1-16-15(12-3-2-6-17-10-12)11-4-5-13-14(9-11)19-8-7-18-13/h4-5,9,12,15-16H,2-3,6-8,10H2,1H3. The Morgan fingerprint density at radius 2 is 2.00 bits per heavy atom. The molecule has 104 valence electrons. The van der Waals surface area contributed by atoms with Gasteiger partial charge in [0.1, 0.15) is 13.2 Å². The Morgan fingerprint density at radius 3 is 2.74 bits per heavy atom. The fourth-order valence-corrected chi connectivity index (χ4v) is 2.96. The largest absolute Gasteiger partial charge is 0.486 e. The highest BCUT2D eigenvalue weighted by atomic mass is 16.6. The maximum atomic E-state index is 5.66. The van der Waals surface area contributed by atoms with E-state index in [2.05, 4.69) is 17.4 Å². The summed E-state index contributed by atoms with van der Waals surface area (Å²) in [6.45, 7) is 3.00. The van der Waals surface area contributed by atoms with E-state index in [-0.39, 0.29) is 0 Å². The summed E-state index contributed by atoms with van der Waals surface area (Å²) in [7, 11) is 2.01. The van der Waals surface area contributed by atoms with Crippen LogP contribution < -0.4 is 14.8 Å². The van der Waals surface area contributed by atoms with Crippen LogP contribution in [0.1, 0.15) is 24.4 Å². The number of rotatable bonds is 3. The first kappa shape index (κ1) is 12.8. The average Bonchev–Trinajstić information content (AvgIpc) is 2.49. The van der Waals surface area contributed by atoms with Gasteiger partial charge < -0.3 is 19.5 Å². The molecular weight excluding hydrogens is 242 g/mol. The Kier molecular flexibility index (Phi) is 3.89. The second-order valence-corrected chi connectivity index (χ2v) is 5.15. The molecular formula is C15H21NO3. The van der Waals surface area contributed by atoms with Gasteiger partial charge in [-0.3, -0.25) is 0 Å². The lowest BCUT2D eigenvalue weighted by molar-refractivity contribution is 0.0401. The molecule has 1 aromatic carbocycles. The summed E-state index contributed by atoms with van der Waals surface area (Å²) >= 11 is 0. The third kappa shape index (κ3) is 2.69. The number of ether oxygens (including phenoxy) is 3. The number of benzene rings is 1. The third-order valence-electron chi connectivity index (χ3n) is 3.90. The fourth-order valence-electron chi connectivity index (χ4n) is 2.96. The molecule has 2 unspecified atom stereocenters. The fraction of sp³-hybridized carbons (Fsp3) is 0.600. The topological polar surface area (TPSA) is 39.7 Å². The van der Waals surface area contributed by atoms with Crippen molar-refractivity contribution in [1.82, 2.24) is 5.32 Å². The molecule has 2 aliphatic heterocycles. The van der Waals surface area contributed by atoms with Gasteiger partial charge in [-0.05, 0) is 37.6 Å². The minimum Gasteiger partial charge on any atom is -0.486 e. The molecule has 2 atom stereocenters. The van der Waals surface area contributed by atoms with Gasteiger partial charge in [0, 0.05) is 18.6 Å². The Hall–Kier alpha value is -1.26. The number of fused-ring (bicyclic) bond motifs is 1. The van der Waals surface area contributed by atoms with Crippen molar-refractivity contribution in [1.29, 1.82) is 0 Å². The molecule has 2 heterocycles. The summed E-state index contributed by atoms with van der Waals surface area (Å²) in [5, 5.41) is 3.42. The van der Waals surface area contributed by atoms with Gasteiger partial charge in [-0.2, -0.15) is 0 Å². The van der Waals surface area contributed by atoms with Crippen LogP contribution in [0.15, 0.2) is 18.2 Å². The van der Waals surface area contributed by atoms with Gasteiger partial charge in [0.05, 0.1) is 6.61 Å². The highest BCUT2D eigenvalue weighted by molar-refractivity contribution is 5.44. The molecule has 3 rings (SSSR count). The maximum absolute atomic E-state index is 5.66. The van der Waals surface area contributed by atoms with E-state index in [0.717, 1.165) is 31.1 Å². The van der Waals surface area contributed by atoms with Crippen LogP contribution in [0.2, 0.25) is 0 Å². The lowest BCUT2D eigenvalue weighted by atomic mass is 9.88. The van der Waals surface area contributed by atoms with Gasteiger partial charge in [0.2, 0.25) is 0 Å². The van der Waals surface area contributed by atoms with Crippen molar-refractivity contribution in [3.8, 4) is 11.5 Å². The summed E-state index contributed by atoms with van der Waals surface area (Å²) in [6.07, 6.45) is 2.35. The second kappa shape index (κ2) is 5.80. The molecule has 0 radical (unpaired) electrons. The molecule has 4 nitrogen and oxygen atoms in total. The normalized spacial score (nSPS) is 23.9. The average molecular weight is 263 g/mol. The predicted molar refractivity (Wildman–Crippen MR) is 72.8 cm³/mol. The molecule has 19 heavy (non-hydrogen) atoms. The monoisotopic (exact) mass is 263 g/mol. The SMILES string of the molecule is CNC(c1ccc2c(c1)OCCO2)C1CCCOC1. The predicted octanol–water partition coefficient (Wildman–Crippen LogP) is 2.14. The first-order valence-electron chi connectivity index (χ1n) is 7.03. The van der Waals surface area contributed by atoms with E-state index in [9.17, 15) is 0 Å². The van der Waals surface area contributed by atoms with E-state index in [4.69, 9.17) is 14.2 Å². The van der Waals surface area contributed by atoms with Crippen LogP contribution in [0.4, 0.5) is 0 Å². The molecule has 1 fully saturated rings. The van der Waals surface area contributed by atoms with Crippen LogP contribution in [0.25, 0.3) is 0 Å². The zero-order valence-electron chi connectivity index (χ0n) is 11.4. The first-order valence-corrected chi connectivity index (χ1v) is 7.03. The van der Waals surface area contributed by atoms with Crippen LogP contribution in [0.3, 0.4) is 0 Å². The van der Waals surface area contributed by atoms with E-state index < -0.39 is 0 Å². The summed E-state index contributed by atoms with van der Waals surface area (Å²) in [6, 6.07) is 6.56. The molecule has 0 aromatic heterocycles. The molecule has 1 aromatic rings. The van der Waals surface area contributed by atoms with Gasteiger partial charge in [-0.25, -0.2) is 0 Å². The first-order chi connectivity index (χ1) is 9.38. The molecule has 2 aliphatic rings. The molecule has 0 aliphatic carbocycles. The van der Waals surface area contributed by atoms with Gasteiger partial charge >= 0.3 is 0 Å². The summed E-state index contributed by atoms with van der Waals surface area (Å²) in [5.74, 6) is 2.24. The van der Waals surface area contributed by atoms with Gasteiger partial charge in [-0.1, -0.05) is 6.07 Å². The Bertz CT molecular complexity index is 429. The lowest BCUT2D eigenvalue weighted by Gasteiger charge is -2.31. The molecule has 0 saturated carbocycles. The zero-order valence-corrected chi connectivity index (χ0v) is 11.4. The minimum absolute atomic E-state index is 0.316. The number of nitrogens with one attached hydrogen (secondary N) is 1. The van der Waals surface area contributed by atoms with Gasteiger partial charge in [0.25, 0.3) is 0 Å². The number of hydrogen-bond acceptors (Lipinski definition) is 4. The lowest BCUT2D eigenvalue weighted by Crippen LogP contribution is -2.31. The van der Waals surface area contributed by atoms with Crippen molar-refractivity contribution in [3.63, 3.8) is 0 Å². The molecule has 0 spiro atoms. The Balaban J connectivity index is 1.82. The second-order valence-electron chi connectivity index (χ2n) is 5.15. The van der Waals surface area contributed by atoms with Crippen molar-refractivity contribution >= 4 is 0 Å². The van der Waals surface area contributed by atoms with Crippen molar-refractivity contribution in [3.05, 3.63) is 23.8 Å². The van der Waals surface area contributed by atoms with Gasteiger partial charge in [0.15, 0.2) is 11.5 Å². The van der Waals surface area contributed by atoms with E-state index in [1.807, 2.05) is 13.1 Å². The quantitative estimate of drug-likeness (QED) is 0.907. The highest BCUT2D eigenvalue weighted by Gasteiger charge is 2.25. The minimum atomic E-state index is 0.316. The maximum Gasteiger partial charge on any atom is 0.161 e. The molecule has 1 N–H and O–H groups in total. The smallest absolute Gasteiger partial charge is 0.161 e. The van der Waals surface area contributed by atoms with E-state index in [1.54, 1.807) is 0 Å².